The molecule has 0 spiro atoms. The van der Waals surface area contributed by atoms with Crippen molar-refractivity contribution in [2.75, 3.05) is 0 Å². The predicted octanol–water partition coefficient (Wildman–Crippen LogP) is 34.0. The zero-order chi connectivity index (χ0) is 79.1. The van der Waals surface area contributed by atoms with Crippen molar-refractivity contribution in [1.82, 2.24) is 0 Å². The Balaban J connectivity index is 0.000000105. The average Bonchev–Trinajstić information content (AvgIpc) is 0.711. The first kappa shape index (κ1) is 69.9. The van der Waals surface area contributed by atoms with Crippen LogP contribution in [0.15, 0.2) is 461 Å². The van der Waals surface area contributed by atoms with Gasteiger partial charge in [-0.25, -0.2) is 0 Å². The maximum absolute atomic E-state index is 2.44. The highest BCUT2D eigenvalue weighted by molar-refractivity contribution is 6.40. The zero-order valence-electron chi connectivity index (χ0n) is 65.9. The molecule has 0 N–H and O–H groups in total. The van der Waals surface area contributed by atoms with Crippen LogP contribution in [0.1, 0.15) is 0 Å². The molecule has 0 atom stereocenters. The van der Waals surface area contributed by atoms with Crippen LogP contribution in [0.5, 0.6) is 0 Å². The summed E-state index contributed by atoms with van der Waals surface area (Å²) in [4.78, 5) is 0. The molecule has 0 aliphatic rings. The van der Waals surface area contributed by atoms with E-state index in [9.17, 15) is 0 Å². The van der Waals surface area contributed by atoms with E-state index in [0.29, 0.717) is 0 Å². The van der Waals surface area contributed by atoms with Crippen molar-refractivity contribution in [3.05, 3.63) is 461 Å². The van der Waals surface area contributed by atoms with Crippen molar-refractivity contribution >= 4 is 162 Å². The number of benzene rings is 25. The van der Waals surface area contributed by atoms with Crippen LogP contribution in [-0.2, 0) is 0 Å². The SMILES string of the molecule is c1ccc(-c2cc(-c3ccccc3)cc(-c3ccc4ccc5c6ccccc6ccc5c4c3)c2)cc1.c1ccc(-c2ccc3ccc(-c4cc5c6ccccc6c6c7ccccc7ccc6c5c5ccccc45)cc3c2)cc1.c1ccc2c(-c3ccc(-c4ccc5c6ccccc6c6c7ccccc7c7ccccc7c6c5c4)cc3)cccc2c1. The van der Waals surface area contributed by atoms with E-state index in [1.54, 1.807) is 0 Å². The lowest BCUT2D eigenvalue weighted by atomic mass is 9.86. The number of hydrogen-bond acceptors (Lipinski definition) is 0. The largest absolute Gasteiger partial charge is 0.0622 e. The number of hydrogen-bond donors (Lipinski definition) is 0. The minimum absolute atomic E-state index is 1.23. The van der Waals surface area contributed by atoms with Gasteiger partial charge in [0.25, 0.3) is 0 Å². The van der Waals surface area contributed by atoms with E-state index in [-0.39, 0.29) is 0 Å². The molecule has 0 heterocycles. The predicted molar refractivity (Wildman–Crippen MR) is 520 cm³/mol. The van der Waals surface area contributed by atoms with Crippen molar-refractivity contribution in [2.45, 2.75) is 0 Å². The van der Waals surface area contributed by atoms with E-state index in [4.69, 9.17) is 0 Å². The van der Waals surface area contributed by atoms with E-state index in [1.165, 1.54) is 239 Å². The zero-order valence-corrected chi connectivity index (χ0v) is 65.9. The molecule has 120 heavy (non-hydrogen) atoms. The Labute approximate surface area is 695 Å². The van der Waals surface area contributed by atoms with Crippen molar-refractivity contribution in [3.8, 4) is 77.9 Å². The quantitative estimate of drug-likeness (QED) is 0.140. The van der Waals surface area contributed by atoms with Gasteiger partial charge in [0.1, 0.15) is 0 Å². The van der Waals surface area contributed by atoms with Gasteiger partial charge in [0, 0.05) is 0 Å². The van der Waals surface area contributed by atoms with Crippen LogP contribution in [0, 0.1) is 0 Å². The van der Waals surface area contributed by atoms with Crippen LogP contribution in [-0.4, -0.2) is 0 Å². The third kappa shape index (κ3) is 12.1. The number of rotatable bonds is 7. The first-order valence-corrected chi connectivity index (χ1v) is 41.7. The van der Waals surface area contributed by atoms with Gasteiger partial charge in [-0.15, -0.1) is 0 Å². The Kier molecular flexibility index (Phi) is 17.1. The molecule has 0 aromatic heterocycles. The summed E-state index contributed by atoms with van der Waals surface area (Å²) in [5.74, 6) is 0. The van der Waals surface area contributed by atoms with E-state index >= 15 is 0 Å². The minimum Gasteiger partial charge on any atom is -0.0622 e. The van der Waals surface area contributed by atoms with E-state index in [1.807, 2.05) is 0 Å². The maximum atomic E-state index is 2.44. The molecule has 25 rings (SSSR count). The van der Waals surface area contributed by atoms with Gasteiger partial charge < -0.3 is 0 Å². The smallest absolute Gasteiger partial charge is 0.00137 e. The summed E-state index contributed by atoms with van der Waals surface area (Å²) in [6.07, 6.45) is 0. The van der Waals surface area contributed by atoms with E-state index in [0.717, 1.165) is 0 Å². The van der Waals surface area contributed by atoms with Crippen LogP contribution in [0.2, 0.25) is 0 Å². The van der Waals surface area contributed by atoms with E-state index in [2.05, 4.69) is 461 Å². The van der Waals surface area contributed by atoms with Gasteiger partial charge in [-0.05, 0) is 288 Å². The Morgan fingerprint density at radius 1 is 0.0833 bits per heavy atom. The summed E-state index contributed by atoms with van der Waals surface area (Å²) in [6, 6.07) is 169. The Hall–Kier alpha value is -15.6. The summed E-state index contributed by atoms with van der Waals surface area (Å²) >= 11 is 0. The summed E-state index contributed by atoms with van der Waals surface area (Å²) in [5.41, 5.74) is 17.4. The molecule has 0 saturated carbocycles. The third-order valence-electron chi connectivity index (χ3n) is 25.2. The van der Waals surface area contributed by atoms with E-state index < -0.39 is 0 Å². The first-order valence-electron chi connectivity index (χ1n) is 41.7. The first-order chi connectivity index (χ1) is 59.5. The molecule has 0 aliphatic carbocycles. The van der Waals surface area contributed by atoms with Gasteiger partial charge in [-0.3, -0.25) is 0 Å². The molecule has 0 heteroatoms. The van der Waals surface area contributed by atoms with Crippen molar-refractivity contribution < 1.29 is 0 Å². The molecule has 0 radical (unpaired) electrons. The second-order valence-corrected chi connectivity index (χ2v) is 32.0. The van der Waals surface area contributed by atoms with Gasteiger partial charge in [0.2, 0.25) is 0 Å². The van der Waals surface area contributed by atoms with Gasteiger partial charge >= 0.3 is 0 Å². The normalized spacial score (nSPS) is 11.7. The molecule has 0 aliphatic heterocycles. The fourth-order valence-corrected chi connectivity index (χ4v) is 19.6. The molecule has 0 unspecified atom stereocenters. The Morgan fingerprint density at radius 2 is 0.375 bits per heavy atom. The van der Waals surface area contributed by atoms with Crippen molar-refractivity contribution in [2.24, 2.45) is 0 Å². The van der Waals surface area contributed by atoms with Gasteiger partial charge in [0.15, 0.2) is 0 Å². The second-order valence-electron chi connectivity index (χ2n) is 32.0. The van der Waals surface area contributed by atoms with Crippen LogP contribution < -0.4 is 0 Å². The van der Waals surface area contributed by atoms with Crippen molar-refractivity contribution in [3.63, 3.8) is 0 Å². The van der Waals surface area contributed by atoms with Gasteiger partial charge in [-0.2, -0.15) is 0 Å². The monoisotopic (exact) mass is 1520 g/mol. The maximum Gasteiger partial charge on any atom is -0.00137 e. The van der Waals surface area contributed by atoms with Gasteiger partial charge in [0.05, 0.1) is 0 Å². The second kappa shape index (κ2) is 29.3. The lowest BCUT2D eigenvalue weighted by Gasteiger charge is -2.17. The van der Waals surface area contributed by atoms with Crippen LogP contribution >= 0.6 is 0 Å². The molecule has 0 fully saturated rings. The summed E-state index contributed by atoms with van der Waals surface area (Å²) in [6.45, 7) is 0. The minimum atomic E-state index is 1.23. The van der Waals surface area contributed by atoms with Crippen molar-refractivity contribution in [1.29, 1.82) is 0 Å². The molecule has 0 nitrogen and oxygen atoms in total. The van der Waals surface area contributed by atoms with Crippen LogP contribution in [0.25, 0.3) is 239 Å². The lowest BCUT2D eigenvalue weighted by molar-refractivity contribution is 1.57. The average molecular weight is 1520 g/mol. The molecule has 0 bridgehead atoms. The van der Waals surface area contributed by atoms with Crippen LogP contribution in [0.3, 0.4) is 0 Å². The molecule has 25 aromatic rings. The highest BCUT2D eigenvalue weighted by Crippen LogP contribution is 2.49. The number of fused-ring (bicyclic) bond motifs is 28. The molecule has 25 aromatic carbocycles. The standard InChI is InChI=1S/2C42H26.C36H24/c1-2-12-31-28(10-1)11-9-19-32(31)29-22-20-27(21-23-29)30-24-25-36-35-15-5-7-17-38(35)41-37-16-6-3-13-33(37)34-14-4-8-18-39(34)42(41)40(36)26-30;1-2-10-27(11-3-1)30-20-18-28-19-21-31(25-32(28)24-30)39-26-40-35-15-7-9-17-37(35)41-33-13-5-4-12-29(33)22-23-38(41)42(40)36-16-8-6-14-34(36)39;1-3-9-25(10-4-1)30-21-31(26-11-5-2-6-12-26)23-32(22-30)29-16-15-28-18-19-34-33-14-8-7-13-27(33)17-20-35(34)36(28)24-29/h2*1-26H;1-24H. The fraction of sp³-hybridized carbons (Fsp3) is 0. The fourth-order valence-electron chi connectivity index (χ4n) is 19.6. The summed E-state index contributed by atoms with van der Waals surface area (Å²) in [7, 11) is 0. The van der Waals surface area contributed by atoms with Gasteiger partial charge in [-0.1, -0.05) is 413 Å². The topological polar surface area (TPSA) is 0 Å². The molecular formula is C120H76. The Morgan fingerprint density at radius 3 is 0.958 bits per heavy atom. The molecule has 556 valence electrons. The molecular weight excluding hydrogens is 1440 g/mol. The third-order valence-corrected chi connectivity index (χ3v) is 25.2. The van der Waals surface area contributed by atoms with Crippen LogP contribution in [0.4, 0.5) is 0 Å². The lowest BCUT2D eigenvalue weighted by Crippen LogP contribution is -1.90. The highest BCUT2D eigenvalue weighted by Gasteiger charge is 2.21. The highest BCUT2D eigenvalue weighted by atomic mass is 14.2. The summed E-state index contributed by atoms with van der Waals surface area (Å²) in [5, 5.41) is 39.1. The Bertz CT molecular complexity index is 8350. The summed E-state index contributed by atoms with van der Waals surface area (Å²) < 4.78 is 0. The molecule has 0 saturated heterocycles. The molecule has 0 amide bonds.